The van der Waals surface area contributed by atoms with Crippen molar-refractivity contribution in [3.63, 3.8) is 0 Å². The van der Waals surface area contributed by atoms with Crippen LogP contribution in [0.1, 0.15) is 24.2 Å². The summed E-state index contributed by atoms with van der Waals surface area (Å²) in [5.41, 5.74) is 0.225. The predicted molar refractivity (Wildman–Crippen MR) is 71.7 cm³/mol. The lowest BCUT2D eigenvalue weighted by Gasteiger charge is -2.13. The fraction of sp³-hybridized carbons (Fsp3) is 0.583. The third-order valence-corrected chi connectivity index (χ3v) is 2.83. The fourth-order valence-corrected chi connectivity index (χ4v) is 1.50. The molecule has 0 amide bonds. The Morgan fingerprint density at radius 2 is 2.26 bits per heavy atom. The van der Waals surface area contributed by atoms with Crippen LogP contribution in [0.3, 0.4) is 0 Å². The standard InChI is InChI=1S/C12H18N2O4S/c1-5-17-11(15)9-6-13-12(19-4)14-10(9)18-7-8(2)16-3/h6,8H,5,7H2,1-4H3/t8-/m1/s1. The summed E-state index contributed by atoms with van der Waals surface area (Å²) in [6.07, 6.45) is 3.17. The molecule has 7 heteroatoms. The van der Waals surface area contributed by atoms with E-state index in [1.54, 1.807) is 14.0 Å². The Bertz CT molecular complexity index is 428. The van der Waals surface area contributed by atoms with Gasteiger partial charge < -0.3 is 14.2 Å². The summed E-state index contributed by atoms with van der Waals surface area (Å²) in [7, 11) is 1.59. The van der Waals surface area contributed by atoms with Gasteiger partial charge in [0.25, 0.3) is 0 Å². The van der Waals surface area contributed by atoms with Crippen LogP contribution in [-0.4, -0.2) is 48.6 Å². The van der Waals surface area contributed by atoms with Crippen molar-refractivity contribution in [3.05, 3.63) is 11.8 Å². The first-order chi connectivity index (χ1) is 9.12. The average Bonchev–Trinajstić information content (AvgIpc) is 2.44. The zero-order valence-corrected chi connectivity index (χ0v) is 12.3. The second-order valence-corrected chi connectivity index (χ2v) is 4.43. The molecular weight excluding hydrogens is 268 g/mol. The zero-order chi connectivity index (χ0) is 14.3. The number of rotatable bonds is 7. The lowest BCUT2D eigenvalue weighted by molar-refractivity contribution is 0.0500. The molecule has 0 spiro atoms. The molecule has 0 bridgehead atoms. The van der Waals surface area contributed by atoms with E-state index < -0.39 is 5.97 Å². The zero-order valence-electron chi connectivity index (χ0n) is 11.5. The molecule has 1 heterocycles. The molecule has 19 heavy (non-hydrogen) atoms. The Balaban J connectivity index is 2.92. The van der Waals surface area contributed by atoms with E-state index in [0.717, 1.165) is 0 Å². The minimum atomic E-state index is -0.491. The average molecular weight is 286 g/mol. The predicted octanol–water partition coefficient (Wildman–Crippen LogP) is 1.79. The maximum absolute atomic E-state index is 11.8. The van der Waals surface area contributed by atoms with Gasteiger partial charge in [0.05, 0.1) is 12.7 Å². The number of carbonyl (C=O) groups excluding carboxylic acids is 1. The maximum Gasteiger partial charge on any atom is 0.345 e. The number of thioether (sulfide) groups is 1. The van der Waals surface area contributed by atoms with Crippen LogP contribution in [0.4, 0.5) is 0 Å². The Morgan fingerprint density at radius 3 is 2.84 bits per heavy atom. The number of esters is 1. The van der Waals surface area contributed by atoms with Crippen molar-refractivity contribution < 1.29 is 19.0 Å². The molecule has 0 unspecified atom stereocenters. The van der Waals surface area contributed by atoms with E-state index in [-0.39, 0.29) is 24.2 Å². The fourth-order valence-electron chi connectivity index (χ4n) is 1.17. The molecule has 0 aliphatic carbocycles. The number of nitrogens with zero attached hydrogens (tertiary/aromatic N) is 2. The second-order valence-electron chi connectivity index (χ2n) is 3.65. The smallest absolute Gasteiger partial charge is 0.345 e. The monoisotopic (exact) mass is 286 g/mol. The van der Waals surface area contributed by atoms with Crippen LogP contribution >= 0.6 is 11.8 Å². The van der Waals surface area contributed by atoms with Crippen molar-refractivity contribution in [2.45, 2.75) is 25.1 Å². The molecule has 0 fully saturated rings. The van der Waals surface area contributed by atoms with Crippen LogP contribution < -0.4 is 4.74 Å². The van der Waals surface area contributed by atoms with Gasteiger partial charge in [-0.2, -0.15) is 4.98 Å². The third-order valence-electron chi connectivity index (χ3n) is 2.27. The van der Waals surface area contributed by atoms with Crippen molar-refractivity contribution in [1.29, 1.82) is 0 Å². The molecule has 0 aromatic carbocycles. The first-order valence-electron chi connectivity index (χ1n) is 5.86. The Kier molecular flexibility index (Phi) is 6.58. The van der Waals surface area contributed by atoms with Gasteiger partial charge in [-0.1, -0.05) is 11.8 Å². The molecule has 1 aromatic heterocycles. The molecule has 0 radical (unpaired) electrons. The molecule has 1 atom stereocenters. The number of hydrogen-bond acceptors (Lipinski definition) is 7. The van der Waals surface area contributed by atoms with Gasteiger partial charge in [-0.15, -0.1) is 0 Å². The topological polar surface area (TPSA) is 70.5 Å². The van der Waals surface area contributed by atoms with Crippen molar-refractivity contribution in [2.75, 3.05) is 26.6 Å². The molecule has 0 saturated heterocycles. The van der Waals surface area contributed by atoms with Crippen molar-refractivity contribution in [2.24, 2.45) is 0 Å². The van der Waals surface area contributed by atoms with E-state index in [9.17, 15) is 4.79 Å². The number of methoxy groups -OCH3 is 1. The molecule has 0 aliphatic rings. The number of aromatic nitrogens is 2. The summed E-state index contributed by atoms with van der Waals surface area (Å²) < 4.78 is 15.5. The number of carbonyl (C=O) groups is 1. The van der Waals surface area contributed by atoms with Gasteiger partial charge in [-0.3, -0.25) is 0 Å². The van der Waals surface area contributed by atoms with Crippen LogP contribution in [0.25, 0.3) is 0 Å². The summed E-state index contributed by atoms with van der Waals surface area (Å²) in [6.45, 7) is 4.19. The SMILES string of the molecule is CCOC(=O)c1cnc(SC)nc1OC[C@@H](C)OC. The van der Waals surface area contributed by atoms with Gasteiger partial charge in [0.15, 0.2) is 5.16 Å². The second kappa shape index (κ2) is 7.96. The van der Waals surface area contributed by atoms with E-state index in [4.69, 9.17) is 14.2 Å². The molecule has 0 aliphatic heterocycles. The van der Waals surface area contributed by atoms with Crippen molar-refractivity contribution in [3.8, 4) is 5.88 Å². The summed E-state index contributed by atoms with van der Waals surface area (Å²) >= 11 is 1.37. The maximum atomic E-state index is 11.8. The van der Waals surface area contributed by atoms with Gasteiger partial charge in [0.2, 0.25) is 5.88 Å². The van der Waals surface area contributed by atoms with Crippen molar-refractivity contribution in [1.82, 2.24) is 9.97 Å². The van der Waals surface area contributed by atoms with E-state index >= 15 is 0 Å². The molecule has 1 aromatic rings. The summed E-state index contributed by atoms with van der Waals surface area (Å²) in [5.74, 6) is -0.267. The summed E-state index contributed by atoms with van der Waals surface area (Å²) in [6, 6.07) is 0. The van der Waals surface area contributed by atoms with Crippen LogP contribution in [0.2, 0.25) is 0 Å². The normalized spacial score (nSPS) is 12.0. The van der Waals surface area contributed by atoms with Gasteiger partial charge in [-0.05, 0) is 20.1 Å². The molecule has 106 valence electrons. The number of hydrogen-bond donors (Lipinski definition) is 0. The van der Waals surface area contributed by atoms with E-state index in [2.05, 4.69) is 9.97 Å². The van der Waals surface area contributed by atoms with Gasteiger partial charge in [0.1, 0.15) is 12.2 Å². The first kappa shape index (κ1) is 15.7. The highest BCUT2D eigenvalue weighted by Gasteiger charge is 2.18. The molecular formula is C12H18N2O4S. The molecule has 6 nitrogen and oxygen atoms in total. The lowest BCUT2D eigenvalue weighted by Crippen LogP contribution is -2.18. The quantitative estimate of drug-likeness (QED) is 0.430. The van der Waals surface area contributed by atoms with Gasteiger partial charge >= 0.3 is 5.97 Å². The number of ether oxygens (including phenoxy) is 3. The molecule has 0 N–H and O–H groups in total. The summed E-state index contributed by atoms with van der Waals surface area (Å²) in [5, 5.41) is 0.535. The van der Waals surface area contributed by atoms with Crippen LogP contribution in [0.15, 0.2) is 11.4 Å². The highest BCUT2D eigenvalue weighted by molar-refractivity contribution is 7.98. The third kappa shape index (κ3) is 4.68. The molecule has 0 saturated carbocycles. The van der Waals surface area contributed by atoms with Gasteiger partial charge in [-0.25, -0.2) is 9.78 Å². The van der Waals surface area contributed by atoms with Crippen LogP contribution in [0.5, 0.6) is 5.88 Å². The Hall–Kier alpha value is -1.34. The minimum absolute atomic E-state index is 0.0947. The first-order valence-corrected chi connectivity index (χ1v) is 7.08. The van der Waals surface area contributed by atoms with Crippen LogP contribution in [-0.2, 0) is 9.47 Å². The van der Waals surface area contributed by atoms with Crippen molar-refractivity contribution >= 4 is 17.7 Å². The Labute approximate surface area is 116 Å². The largest absolute Gasteiger partial charge is 0.474 e. The Morgan fingerprint density at radius 1 is 1.53 bits per heavy atom. The molecule has 1 rings (SSSR count). The van der Waals surface area contributed by atoms with Crippen LogP contribution in [0, 0.1) is 0 Å². The van der Waals surface area contributed by atoms with E-state index in [0.29, 0.717) is 11.8 Å². The van der Waals surface area contributed by atoms with E-state index in [1.165, 1.54) is 18.0 Å². The lowest BCUT2D eigenvalue weighted by atomic mass is 10.3. The summed E-state index contributed by atoms with van der Waals surface area (Å²) in [4.78, 5) is 20.0. The van der Waals surface area contributed by atoms with E-state index in [1.807, 2.05) is 13.2 Å². The highest BCUT2D eigenvalue weighted by Crippen LogP contribution is 2.20. The van der Waals surface area contributed by atoms with Gasteiger partial charge in [0, 0.05) is 13.3 Å². The highest BCUT2D eigenvalue weighted by atomic mass is 32.2. The minimum Gasteiger partial charge on any atom is -0.474 e.